The molecule has 2 aromatic rings. The van der Waals surface area contributed by atoms with E-state index in [0.29, 0.717) is 18.7 Å². The van der Waals surface area contributed by atoms with E-state index >= 15 is 0 Å². The van der Waals surface area contributed by atoms with Crippen LogP contribution in [0, 0.1) is 11.2 Å². The van der Waals surface area contributed by atoms with Gasteiger partial charge >= 0.3 is 0 Å². The summed E-state index contributed by atoms with van der Waals surface area (Å²) in [6.07, 6.45) is 0.560. The van der Waals surface area contributed by atoms with Crippen molar-refractivity contribution in [1.82, 2.24) is 10.6 Å². The third kappa shape index (κ3) is 5.54. The van der Waals surface area contributed by atoms with Crippen LogP contribution in [0.4, 0.5) is 4.39 Å². The molecule has 0 heterocycles. The number of carbonyl (C=O) groups excluding carboxylic acids is 2. The first kappa shape index (κ1) is 20.4. The minimum atomic E-state index is -1.22. The summed E-state index contributed by atoms with van der Waals surface area (Å²) in [5, 5.41) is 5.56. The lowest BCUT2D eigenvalue weighted by molar-refractivity contribution is -0.141. The molecule has 6 heteroatoms. The van der Waals surface area contributed by atoms with E-state index in [4.69, 9.17) is 4.74 Å². The first-order valence-electron chi connectivity index (χ1n) is 8.77. The zero-order valence-corrected chi connectivity index (χ0v) is 15.8. The average Bonchev–Trinajstić information content (AvgIpc) is 2.67. The lowest BCUT2D eigenvalue weighted by atomic mass is 9.91. The molecule has 0 atom stereocenters. The van der Waals surface area contributed by atoms with Gasteiger partial charge in [0.05, 0.1) is 7.11 Å². The molecular weight excluding hydrogens is 347 g/mol. The van der Waals surface area contributed by atoms with Gasteiger partial charge in [-0.3, -0.25) is 9.59 Å². The summed E-state index contributed by atoms with van der Waals surface area (Å²) < 4.78 is 18.2. The fraction of sp³-hybridized carbons (Fsp3) is 0.333. The van der Waals surface area contributed by atoms with E-state index in [1.807, 2.05) is 24.3 Å². The summed E-state index contributed by atoms with van der Waals surface area (Å²) >= 11 is 0. The Kier molecular flexibility index (Phi) is 6.93. The summed E-state index contributed by atoms with van der Waals surface area (Å²) in [5.41, 5.74) is 0.529. The number of carbonyl (C=O) groups is 2. The molecule has 0 radical (unpaired) electrons. The Labute approximate surface area is 158 Å². The van der Waals surface area contributed by atoms with E-state index < -0.39 is 5.41 Å². The van der Waals surface area contributed by atoms with E-state index in [1.54, 1.807) is 33.1 Å². The summed E-state index contributed by atoms with van der Waals surface area (Å²) in [6, 6.07) is 13.5. The standard InChI is InChI=1S/C21H25FN2O3/c1-21(2,19(25)23-13-12-15-8-10-17(22)11-9-15)20(26)24-14-16-6-4-5-7-18(16)27-3/h4-11H,12-14H2,1-3H3,(H,23,25)(H,24,26). The van der Waals surface area contributed by atoms with Gasteiger partial charge in [0.1, 0.15) is 17.0 Å². The maximum absolute atomic E-state index is 12.9. The molecule has 2 aromatic carbocycles. The molecule has 144 valence electrons. The highest BCUT2D eigenvalue weighted by Gasteiger charge is 2.35. The Balaban J connectivity index is 1.86. The second kappa shape index (κ2) is 9.16. The summed E-state index contributed by atoms with van der Waals surface area (Å²) in [7, 11) is 1.57. The Morgan fingerprint density at radius 1 is 1.00 bits per heavy atom. The van der Waals surface area contributed by atoms with Gasteiger partial charge in [-0.15, -0.1) is 0 Å². The molecule has 2 N–H and O–H groups in total. The largest absolute Gasteiger partial charge is 0.496 e. The highest BCUT2D eigenvalue weighted by atomic mass is 19.1. The molecule has 5 nitrogen and oxygen atoms in total. The van der Waals surface area contributed by atoms with Crippen LogP contribution in [-0.4, -0.2) is 25.5 Å². The molecule has 27 heavy (non-hydrogen) atoms. The fourth-order valence-corrected chi connectivity index (χ4v) is 2.54. The van der Waals surface area contributed by atoms with Crippen LogP contribution in [0.15, 0.2) is 48.5 Å². The van der Waals surface area contributed by atoms with Crippen molar-refractivity contribution in [2.45, 2.75) is 26.8 Å². The number of halogens is 1. The second-order valence-electron chi connectivity index (χ2n) is 6.75. The van der Waals surface area contributed by atoms with Crippen molar-refractivity contribution < 1.29 is 18.7 Å². The Morgan fingerprint density at radius 3 is 2.30 bits per heavy atom. The van der Waals surface area contributed by atoms with E-state index in [9.17, 15) is 14.0 Å². The first-order chi connectivity index (χ1) is 12.8. The Morgan fingerprint density at radius 2 is 1.63 bits per heavy atom. The highest BCUT2D eigenvalue weighted by molar-refractivity contribution is 6.04. The molecule has 0 aliphatic carbocycles. The van der Waals surface area contributed by atoms with Crippen molar-refractivity contribution in [2.75, 3.05) is 13.7 Å². The van der Waals surface area contributed by atoms with Gasteiger partial charge in [0, 0.05) is 18.7 Å². The first-order valence-corrected chi connectivity index (χ1v) is 8.77. The second-order valence-corrected chi connectivity index (χ2v) is 6.75. The van der Waals surface area contributed by atoms with Crippen LogP contribution < -0.4 is 15.4 Å². The summed E-state index contributed by atoms with van der Waals surface area (Å²) in [6.45, 7) is 3.80. The zero-order chi connectivity index (χ0) is 19.9. The van der Waals surface area contributed by atoms with Crippen molar-refractivity contribution in [2.24, 2.45) is 5.41 Å². The summed E-state index contributed by atoms with van der Waals surface area (Å²) in [4.78, 5) is 24.9. The lowest BCUT2D eigenvalue weighted by Crippen LogP contribution is -2.48. The molecule has 0 fully saturated rings. The molecule has 0 aliphatic rings. The van der Waals surface area contributed by atoms with Gasteiger partial charge in [-0.2, -0.15) is 0 Å². The van der Waals surface area contributed by atoms with Gasteiger partial charge < -0.3 is 15.4 Å². The zero-order valence-electron chi connectivity index (χ0n) is 15.8. The molecule has 0 aromatic heterocycles. The Bertz CT molecular complexity index is 788. The topological polar surface area (TPSA) is 67.4 Å². The molecule has 0 bridgehead atoms. The monoisotopic (exact) mass is 372 g/mol. The molecule has 0 saturated carbocycles. The Hall–Kier alpha value is -2.89. The van der Waals surface area contributed by atoms with E-state index in [-0.39, 0.29) is 24.2 Å². The third-order valence-electron chi connectivity index (χ3n) is 4.38. The minimum absolute atomic E-state index is 0.273. The number of hydrogen-bond donors (Lipinski definition) is 2. The van der Waals surface area contributed by atoms with E-state index in [1.165, 1.54) is 12.1 Å². The van der Waals surface area contributed by atoms with Crippen LogP contribution in [0.5, 0.6) is 5.75 Å². The van der Waals surface area contributed by atoms with Gasteiger partial charge in [-0.05, 0) is 44.0 Å². The maximum Gasteiger partial charge on any atom is 0.235 e. The van der Waals surface area contributed by atoms with Crippen LogP contribution in [0.25, 0.3) is 0 Å². The minimum Gasteiger partial charge on any atom is -0.496 e. The van der Waals surface area contributed by atoms with Crippen molar-refractivity contribution >= 4 is 11.8 Å². The fourth-order valence-electron chi connectivity index (χ4n) is 2.54. The normalized spacial score (nSPS) is 11.0. The lowest BCUT2D eigenvalue weighted by Gasteiger charge is -2.23. The van der Waals surface area contributed by atoms with Crippen LogP contribution in [0.1, 0.15) is 25.0 Å². The van der Waals surface area contributed by atoms with Crippen molar-refractivity contribution in [3.63, 3.8) is 0 Å². The molecule has 0 aliphatic heterocycles. The maximum atomic E-state index is 12.9. The molecule has 0 unspecified atom stereocenters. The van der Waals surface area contributed by atoms with Gasteiger partial charge in [0.2, 0.25) is 11.8 Å². The molecular formula is C21H25FN2O3. The van der Waals surface area contributed by atoms with Crippen molar-refractivity contribution in [3.05, 3.63) is 65.5 Å². The SMILES string of the molecule is COc1ccccc1CNC(=O)C(C)(C)C(=O)NCCc1ccc(F)cc1. The third-order valence-corrected chi connectivity index (χ3v) is 4.38. The number of para-hydroxylation sites is 1. The van der Waals surface area contributed by atoms with Crippen LogP contribution in [0.2, 0.25) is 0 Å². The van der Waals surface area contributed by atoms with Crippen LogP contribution in [0.3, 0.4) is 0 Å². The van der Waals surface area contributed by atoms with Gasteiger partial charge in [0.15, 0.2) is 0 Å². The van der Waals surface area contributed by atoms with Gasteiger partial charge in [0.25, 0.3) is 0 Å². The quantitative estimate of drug-likeness (QED) is 0.700. The van der Waals surface area contributed by atoms with Gasteiger partial charge in [-0.25, -0.2) is 4.39 Å². The molecule has 0 saturated heterocycles. The number of amides is 2. The van der Waals surface area contributed by atoms with Crippen molar-refractivity contribution in [1.29, 1.82) is 0 Å². The van der Waals surface area contributed by atoms with Crippen molar-refractivity contribution in [3.8, 4) is 5.75 Å². The van der Waals surface area contributed by atoms with Crippen LogP contribution in [-0.2, 0) is 22.6 Å². The number of benzene rings is 2. The number of nitrogens with one attached hydrogen (secondary N) is 2. The molecule has 2 amide bonds. The predicted molar refractivity (Wildman–Crippen MR) is 102 cm³/mol. The number of ether oxygens (including phenoxy) is 1. The predicted octanol–water partition coefficient (Wildman–Crippen LogP) is 2.84. The number of rotatable bonds is 8. The van der Waals surface area contributed by atoms with E-state index in [2.05, 4.69) is 10.6 Å². The molecule has 2 rings (SSSR count). The number of hydrogen-bond acceptors (Lipinski definition) is 3. The molecule has 0 spiro atoms. The van der Waals surface area contributed by atoms with Crippen LogP contribution >= 0.6 is 0 Å². The average molecular weight is 372 g/mol. The highest BCUT2D eigenvalue weighted by Crippen LogP contribution is 2.19. The summed E-state index contributed by atoms with van der Waals surface area (Å²) in [5.74, 6) is -0.343. The van der Waals surface area contributed by atoms with E-state index in [0.717, 1.165) is 11.1 Å². The smallest absolute Gasteiger partial charge is 0.235 e. The number of methoxy groups -OCH3 is 1. The van der Waals surface area contributed by atoms with Gasteiger partial charge in [-0.1, -0.05) is 30.3 Å².